The summed E-state index contributed by atoms with van der Waals surface area (Å²) in [5, 5.41) is 3.34. The highest BCUT2D eigenvalue weighted by atomic mass is 32.1. The van der Waals surface area contributed by atoms with E-state index in [4.69, 9.17) is 17.0 Å². The summed E-state index contributed by atoms with van der Waals surface area (Å²) in [5.41, 5.74) is 9.02. The van der Waals surface area contributed by atoms with Gasteiger partial charge in [0.25, 0.3) is 5.91 Å². The number of para-hydroxylation sites is 2. The van der Waals surface area contributed by atoms with Gasteiger partial charge in [-0.2, -0.15) is 0 Å². The predicted molar refractivity (Wildman–Crippen MR) is 112 cm³/mol. The molecule has 3 rings (SSSR count). The zero-order valence-electron chi connectivity index (χ0n) is 15.7. The molecule has 0 spiro atoms. The molecule has 0 bridgehead atoms. The zero-order valence-corrected chi connectivity index (χ0v) is 16.6. The van der Waals surface area contributed by atoms with Crippen LogP contribution >= 0.6 is 12.2 Å². The second-order valence-corrected chi connectivity index (χ2v) is 6.83. The Hall–Kier alpha value is -3.13. The first-order valence-electron chi connectivity index (χ1n) is 8.90. The number of hydrogen-bond donors (Lipinski definition) is 3. The normalized spacial score (nSPS) is 12.6. The maximum absolute atomic E-state index is 12.2. The topological polar surface area (TPSA) is 82.7 Å². The smallest absolute Gasteiger partial charge is 0.265 e. The zero-order chi connectivity index (χ0) is 20.1. The van der Waals surface area contributed by atoms with Gasteiger partial charge in [0.1, 0.15) is 5.75 Å². The van der Waals surface area contributed by atoms with Gasteiger partial charge in [0.05, 0.1) is 5.69 Å². The van der Waals surface area contributed by atoms with Crippen LogP contribution in [-0.4, -0.2) is 30.1 Å². The summed E-state index contributed by atoms with van der Waals surface area (Å²) in [6, 6.07) is 13.1. The van der Waals surface area contributed by atoms with E-state index in [9.17, 15) is 9.59 Å². The van der Waals surface area contributed by atoms with Gasteiger partial charge >= 0.3 is 0 Å². The van der Waals surface area contributed by atoms with Crippen molar-refractivity contribution in [3.63, 3.8) is 0 Å². The molecule has 0 radical (unpaired) electrons. The third-order valence-corrected chi connectivity index (χ3v) is 4.74. The number of anilines is 2. The van der Waals surface area contributed by atoms with Crippen LogP contribution in [0, 0.1) is 13.8 Å². The number of carbonyl (C=O) groups excluding carboxylic acids is 2. The van der Waals surface area contributed by atoms with Gasteiger partial charge in [0, 0.05) is 18.7 Å². The van der Waals surface area contributed by atoms with E-state index in [1.54, 1.807) is 17.0 Å². The first-order valence-corrected chi connectivity index (χ1v) is 9.31. The average Bonchev–Trinajstić information content (AvgIpc) is 2.69. The Morgan fingerprint density at radius 1 is 1.14 bits per heavy atom. The van der Waals surface area contributed by atoms with Crippen molar-refractivity contribution in [1.29, 1.82) is 0 Å². The standard InChI is InChI=1S/C20H22N4O3S/c1-13-6-5-7-15(14(13)2)21-20(28)23-22-18(25)10-11-24-16-8-3-4-9-17(16)27-12-19(24)26/h3-9H,10-12H2,1-2H3,(H,22,25)(H2,21,23,28). The van der Waals surface area contributed by atoms with Crippen LogP contribution in [0.1, 0.15) is 17.5 Å². The molecule has 8 heteroatoms. The molecule has 1 aliphatic rings. The molecule has 0 unspecified atom stereocenters. The van der Waals surface area contributed by atoms with E-state index in [1.165, 1.54) is 0 Å². The van der Waals surface area contributed by atoms with Crippen molar-refractivity contribution in [1.82, 2.24) is 10.9 Å². The van der Waals surface area contributed by atoms with E-state index in [2.05, 4.69) is 16.2 Å². The summed E-state index contributed by atoms with van der Waals surface area (Å²) < 4.78 is 5.40. The van der Waals surface area contributed by atoms with Gasteiger partial charge in [-0.05, 0) is 55.4 Å². The Kier molecular flexibility index (Phi) is 6.10. The molecule has 0 aliphatic carbocycles. The van der Waals surface area contributed by atoms with Crippen molar-refractivity contribution in [2.45, 2.75) is 20.3 Å². The van der Waals surface area contributed by atoms with Gasteiger partial charge in [-0.3, -0.25) is 20.4 Å². The van der Waals surface area contributed by atoms with Crippen molar-refractivity contribution in [2.24, 2.45) is 0 Å². The summed E-state index contributed by atoms with van der Waals surface area (Å²) in [6.45, 7) is 4.24. The summed E-state index contributed by atoms with van der Waals surface area (Å²) in [6.07, 6.45) is 0.124. The summed E-state index contributed by atoms with van der Waals surface area (Å²) in [4.78, 5) is 25.8. The Balaban J connectivity index is 1.49. The second-order valence-electron chi connectivity index (χ2n) is 6.43. The number of hydrazine groups is 1. The fourth-order valence-corrected chi connectivity index (χ4v) is 3.00. The molecule has 146 valence electrons. The molecule has 2 aromatic carbocycles. The Labute approximate surface area is 169 Å². The van der Waals surface area contributed by atoms with Crippen LogP contribution in [0.15, 0.2) is 42.5 Å². The molecule has 1 aliphatic heterocycles. The second kappa shape index (κ2) is 8.71. The largest absolute Gasteiger partial charge is 0.482 e. The van der Waals surface area contributed by atoms with Crippen LogP contribution in [0.2, 0.25) is 0 Å². The van der Waals surface area contributed by atoms with Crippen LogP contribution in [0.25, 0.3) is 0 Å². The lowest BCUT2D eigenvalue weighted by Crippen LogP contribution is -2.46. The van der Waals surface area contributed by atoms with Gasteiger partial charge in [0.15, 0.2) is 11.7 Å². The SMILES string of the molecule is Cc1cccc(NC(=S)NNC(=O)CCN2C(=O)COc3ccccc32)c1C. The Morgan fingerprint density at radius 3 is 2.75 bits per heavy atom. The van der Waals surface area contributed by atoms with Crippen molar-refractivity contribution in [3.8, 4) is 5.75 Å². The molecule has 28 heavy (non-hydrogen) atoms. The minimum absolute atomic E-state index is 0.0271. The fraction of sp³-hybridized carbons (Fsp3) is 0.250. The monoisotopic (exact) mass is 398 g/mol. The molecule has 2 amide bonds. The Morgan fingerprint density at radius 2 is 1.93 bits per heavy atom. The Bertz CT molecular complexity index is 916. The van der Waals surface area contributed by atoms with E-state index < -0.39 is 0 Å². The molecule has 3 N–H and O–H groups in total. The molecule has 1 heterocycles. The van der Waals surface area contributed by atoms with E-state index in [-0.39, 0.29) is 36.5 Å². The molecular weight excluding hydrogens is 376 g/mol. The minimum atomic E-state index is -0.276. The lowest BCUT2D eigenvalue weighted by Gasteiger charge is -2.29. The van der Waals surface area contributed by atoms with Crippen molar-refractivity contribution < 1.29 is 14.3 Å². The van der Waals surface area contributed by atoms with Crippen LogP contribution in [0.3, 0.4) is 0 Å². The van der Waals surface area contributed by atoms with Crippen molar-refractivity contribution in [3.05, 3.63) is 53.6 Å². The molecule has 0 aromatic heterocycles. The molecular formula is C20H22N4O3S. The molecule has 0 atom stereocenters. The number of hydrogen-bond acceptors (Lipinski definition) is 4. The third kappa shape index (κ3) is 4.58. The highest BCUT2D eigenvalue weighted by molar-refractivity contribution is 7.80. The first-order chi connectivity index (χ1) is 13.5. The lowest BCUT2D eigenvalue weighted by molar-refractivity contribution is -0.122. The van der Waals surface area contributed by atoms with Gasteiger partial charge in [-0.15, -0.1) is 0 Å². The van der Waals surface area contributed by atoms with Crippen LogP contribution in [0.5, 0.6) is 5.75 Å². The van der Waals surface area contributed by atoms with Crippen molar-refractivity contribution in [2.75, 3.05) is 23.4 Å². The number of ether oxygens (including phenoxy) is 1. The maximum atomic E-state index is 12.2. The van der Waals surface area contributed by atoms with E-state index in [1.807, 2.05) is 44.2 Å². The van der Waals surface area contributed by atoms with E-state index in [0.717, 1.165) is 16.8 Å². The minimum Gasteiger partial charge on any atom is -0.482 e. The number of amides is 2. The molecule has 7 nitrogen and oxygen atoms in total. The summed E-state index contributed by atoms with van der Waals surface area (Å²) in [7, 11) is 0. The summed E-state index contributed by atoms with van der Waals surface area (Å²) in [5.74, 6) is 0.188. The molecule has 0 saturated heterocycles. The number of aryl methyl sites for hydroxylation is 1. The van der Waals surface area contributed by atoms with Crippen LogP contribution < -0.4 is 25.8 Å². The molecule has 0 fully saturated rings. The van der Waals surface area contributed by atoms with Crippen LogP contribution in [0.4, 0.5) is 11.4 Å². The van der Waals surface area contributed by atoms with Gasteiger partial charge in [-0.25, -0.2) is 0 Å². The number of carbonyl (C=O) groups is 2. The number of rotatable bonds is 4. The number of benzene rings is 2. The average molecular weight is 398 g/mol. The highest BCUT2D eigenvalue weighted by Gasteiger charge is 2.25. The van der Waals surface area contributed by atoms with Gasteiger partial charge < -0.3 is 15.0 Å². The summed E-state index contributed by atoms with van der Waals surface area (Å²) >= 11 is 5.22. The number of thiocarbonyl (C=S) groups is 1. The van der Waals surface area contributed by atoms with Gasteiger partial charge in [-0.1, -0.05) is 24.3 Å². The predicted octanol–water partition coefficient (Wildman–Crippen LogP) is 2.44. The quantitative estimate of drug-likeness (QED) is 0.542. The molecule has 2 aromatic rings. The lowest BCUT2D eigenvalue weighted by atomic mass is 10.1. The van der Waals surface area contributed by atoms with Gasteiger partial charge in [0.2, 0.25) is 5.91 Å². The number of nitrogens with one attached hydrogen (secondary N) is 3. The first kappa shape index (κ1) is 19.6. The number of fused-ring (bicyclic) bond motifs is 1. The van der Waals surface area contributed by atoms with E-state index in [0.29, 0.717) is 11.4 Å². The highest BCUT2D eigenvalue weighted by Crippen LogP contribution is 2.31. The number of nitrogens with zero attached hydrogens (tertiary/aromatic N) is 1. The van der Waals surface area contributed by atoms with Crippen LogP contribution in [-0.2, 0) is 9.59 Å². The van der Waals surface area contributed by atoms with E-state index >= 15 is 0 Å². The third-order valence-electron chi connectivity index (χ3n) is 4.54. The van der Waals surface area contributed by atoms with Crippen molar-refractivity contribution >= 4 is 40.5 Å². The molecule has 0 saturated carbocycles. The maximum Gasteiger partial charge on any atom is 0.265 e. The fourth-order valence-electron chi connectivity index (χ4n) is 2.84.